The second-order valence-corrected chi connectivity index (χ2v) is 6.94. The Hall–Kier alpha value is -1.86. The minimum atomic E-state index is -0.211. The first-order valence-corrected chi connectivity index (χ1v) is 9.18. The van der Waals surface area contributed by atoms with Crippen LogP contribution in [-0.2, 0) is 16.0 Å². The lowest BCUT2D eigenvalue weighted by atomic mass is 10.3. The number of thiazole rings is 1. The number of likely N-dealkylation sites (N-methyl/N-ethyl adjacent to an activating group) is 1. The summed E-state index contributed by atoms with van der Waals surface area (Å²) < 4.78 is 0. The zero-order valence-electron chi connectivity index (χ0n) is 13.3. The molecule has 1 aromatic carbocycles. The first-order chi connectivity index (χ1) is 11.0. The van der Waals surface area contributed by atoms with Crippen molar-refractivity contribution in [3.8, 4) is 0 Å². The molecule has 0 fully saturated rings. The topological polar surface area (TPSA) is 62.3 Å². The normalized spacial score (nSPS) is 10.4. The molecular formula is C16H19N3O2S2. The highest BCUT2D eigenvalue weighted by molar-refractivity contribution is 7.98. The third kappa shape index (κ3) is 5.07. The van der Waals surface area contributed by atoms with Gasteiger partial charge in [-0.1, -0.05) is 12.1 Å². The third-order valence-electron chi connectivity index (χ3n) is 3.19. The van der Waals surface area contributed by atoms with Gasteiger partial charge in [0.25, 0.3) is 0 Å². The van der Waals surface area contributed by atoms with Gasteiger partial charge >= 0.3 is 0 Å². The Labute approximate surface area is 144 Å². The number of aryl methyl sites for hydroxylation is 1. The summed E-state index contributed by atoms with van der Waals surface area (Å²) in [5.41, 5.74) is 1.51. The maximum absolute atomic E-state index is 12.1. The van der Waals surface area contributed by atoms with Crippen LogP contribution in [0.5, 0.6) is 0 Å². The highest BCUT2D eigenvalue weighted by Gasteiger charge is 2.15. The van der Waals surface area contributed by atoms with Crippen LogP contribution in [-0.4, -0.2) is 41.5 Å². The van der Waals surface area contributed by atoms with Crippen molar-refractivity contribution < 1.29 is 9.59 Å². The molecule has 1 N–H and O–H groups in total. The van der Waals surface area contributed by atoms with Crippen molar-refractivity contribution >= 4 is 40.6 Å². The summed E-state index contributed by atoms with van der Waals surface area (Å²) in [5.74, 6) is -0.333. The molecule has 23 heavy (non-hydrogen) atoms. The quantitative estimate of drug-likeness (QED) is 0.815. The van der Waals surface area contributed by atoms with Crippen molar-refractivity contribution in [2.24, 2.45) is 0 Å². The molecule has 0 bridgehead atoms. The van der Waals surface area contributed by atoms with E-state index in [1.807, 2.05) is 42.8 Å². The van der Waals surface area contributed by atoms with E-state index in [0.717, 1.165) is 21.3 Å². The van der Waals surface area contributed by atoms with Crippen molar-refractivity contribution in [1.82, 2.24) is 9.88 Å². The van der Waals surface area contributed by atoms with E-state index in [0.29, 0.717) is 0 Å². The number of carbonyl (C=O) groups is 2. The standard InChI is InChI=1S/C16H19N3O2S2/c1-11-17-12(10-23-11)8-16(21)19(2)9-15(20)18-13-6-4-5-7-14(13)22-3/h4-7,10H,8-9H2,1-3H3,(H,18,20). The average molecular weight is 349 g/mol. The number of anilines is 1. The number of rotatable bonds is 6. The maximum atomic E-state index is 12.1. The molecule has 0 spiro atoms. The van der Waals surface area contributed by atoms with Gasteiger partial charge in [-0.05, 0) is 25.3 Å². The Morgan fingerprint density at radius 3 is 2.74 bits per heavy atom. The molecule has 0 saturated carbocycles. The van der Waals surface area contributed by atoms with Crippen LogP contribution in [0.15, 0.2) is 34.5 Å². The highest BCUT2D eigenvalue weighted by Crippen LogP contribution is 2.24. The van der Waals surface area contributed by atoms with E-state index in [1.54, 1.807) is 18.8 Å². The number of thioether (sulfide) groups is 1. The Balaban J connectivity index is 1.90. The van der Waals surface area contributed by atoms with E-state index < -0.39 is 0 Å². The molecule has 0 saturated heterocycles. The van der Waals surface area contributed by atoms with Crippen molar-refractivity contribution in [2.75, 3.05) is 25.2 Å². The fourth-order valence-electron chi connectivity index (χ4n) is 2.02. The van der Waals surface area contributed by atoms with Crippen LogP contribution in [0, 0.1) is 6.92 Å². The Morgan fingerprint density at radius 1 is 1.35 bits per heavy atom. The van der Waals surface area contributed by atoms with Crippen LogP contribution in [0.2, 0.25) is 0 Å². The predicted octanol–water partition coefficient (Wildman–Crippen LogP) is 2.81. The number of hydrogen-bond donors (Lipinski definition) is 1. The molecule has 1 aromatic heterocycles. The second-order valence-electron chi connectivity index (χ2n) is 5.03. The summed E-state index contributed by atoms with van der Waals surface area (Å²) >= 11 is 3.08. The Kier molecular flexibility index (Phi) is 6.18. The van der Waals surface area contributed by atoms with Crippen LogP contribution in [0.3, 0.4) is 0 Å². The monoisotopic (exact) mass is 349 g/mol. The lowest BCUT2D eigenvalue weighted by Crippen LogP contribution is -2.35. The fourth-order valence-corrected chi connectivity index (χ4v) is 3.19. The van der Waals surface area contributed by atoms with Gasteiger partial charge in [0, 0.05) is 17.3 Å². The van der Waals surface area contributed by atoms with Crippen molar-refractivity contribution in [3.05, 3.63) is 40.3 Å². The number of nitrogens with one attached hydrogen (secondary N) is 1. The van der Waals surface area contributed by atoms with E-state index in [2.05, 4.69) is 10.3 Å². The van der Waals surface area contributed by atoms with Gasteiger partial charge in [0.1, 0.15) is 0 Å². The predicted molar refractivity (Wildman–Crippen MR) is 95.0 cm³/mol. The summed E-state index contributed by atoms with van der Waals surface area (Å²) in [4.78, 5) is 30.9. The molecule has 2 aromatic rings. The summed E-state index contributed by atoms with van der Waals surface area (Å²) in [6.45, 7) is 1.92. The number of amides is 2. The second kappa shape index (κ2) is 8.12. The van der Waals surface area contributed by atoms with Gasteiger partial charge in [-0.15, -0.1) is 23.1 Å². The maximum Gasteiger partial charge on any atom is 0.244 e. The van der Waals surface area contributed by atoms with Gasteiger partial charge in [-0.2, -0.15) is 0 Å². The summed E-state index contributed by atoms with van der Waals surface area (Å²) in [7, 11) is 1.63. The van der Waals surface area contributed by atoms with E-state index in [-0.39, 0.29) is 24.8 Å². The molecule has 0 radical (unpaired) electrons. The number of nitrogens with zero attached hydrogens (tertiary/aromatic N) is 2. The van der Waals surface area contributed by atoms with Crippen molar-refractivity contribution in [2.45, 2.75) is 18.2 Å². The molecule has 2 amide bonds. The van der Waals surface area contributed by atoms with Gasteiger partial charge in [0.15, 0.2) is 0 Å². The molecule has 0 aliphatic carbocycles. The number of aromatic nitrogens is 1. The smallest absolute Gasteiger partial charge is 0.244 e. The van der Waals surface area contributed by atoms with Crippen LogP contribution >= 0.6 is 23.1 Å². The first-order valence-electron chi connectivity index (χ1n) is 7.07. The SMILES string of the molecule is CSc1ccccc1NC(=O)CN(C)C(=O)Cc1csc(C)n1. The molecular weight excluding hydrogens is 330 g/mol. The summed E-state index contributed by atoms with van der Waals surface area (Å²) in [5, 5.41) is 5.65. The highest BCUT2D eigenvalue weighted by atomic mass is 32.2. The molecule has 2 rings (SSSR count). The summed E-state index contributed by atoms with van der Waals surface area (Å²) in [6.07, 6.45) is 2.17. The van der Waals surface area contributed by atoms with E-state index in [4.69, 9.17) is 0 Å². The molecule has 5 nitrogen and oxygen atoms in total. The number of benzene rings is 1. The van der Waals surface area contributed by atoms with Crippen LogP contribution in [0.4, 0.5) is 5.69 Å². The van der Waals surface area contributed by atoms with E-state index in [9.17, 15) is 9.59 Å². The van der Waals surface area contributed by atoms with Crippen molar-refractivity contribution in [1.29, 1.82) is 0 Å². The zero-order chi connectivity index (χ0) is 16.8. The lowest BCUT2D eigenvalue weighted by Gasteiger charge is -2.17. The minimum Gasteiger partial charge on any atom is -0.336 e. The molecule has 0 aliphatic heterocycles. The van der Waals surface area contributed by atoms with E-state index in [1.165, 1.54) is 16.2 Å². The van der Waals surface area contributed by atoms with Gasteiger partial charge in [-0.3, -0.25) is 9.59 Å². The Morgan fingerprint density at radius 2 is 2.09 bits per heavy atom. The van der Waals surface area contributed by atoms with Crippen LogP contribution in [0.25, 0.3) is 0 Å². The molecule has 0 unspecified atom stereocenters. The van der Waals surface area contributed by atoms with Gasteiger partial charge in [0.2, 0.25) is 11.8 Å². The first kappa shape index (κ1) is 17.5. The Bertz CT molecular complexity index is 700. The molecule has 0 atom stereocenters. The molecule has 0 aliphatic rings. The van der Waals surface area contributed by atoms with Crippen molar-refractivity contribution in [3.63, 3.8) is 0 Å². The number of para-hydroxylation sites is 1. The van der Waals surface area contributed by atoms with E-state index >= 15 is 0 Å². The largest absolute Gasteiger partial charge is 0.336 e. The lowest BCUT2D eigenvalue weighted by molar-refractivity contribution is -0.132. The van der Waals surface area contributed by atoms with Crippen LogP contribution in [0.1, 0.15) is 10.7 Å². The van der Waals surface area contributed by atoms with Gasteiger partial charge in [-0.25, -0.2) is 4.98 Å². The van der Waals surface area contributed by atoms with Gasteiger partial charge < -0.3 is 10.2 Å². The third-order valence-corrected chi connectivity index (χ3v) is 4.80. The molecule has 122 valence electrons. The zero-order valence-corrected chi connectivity index (χ0v) is 15.0. The van der Waals surface area contributed by atoms with Crippen LogP contribution < -0.4 is 5.32 Å². The summed E-state index contributed by atoms with van der Waals surface area (Å²) in [6, 6.07) is 7.59. The minimum absolute atomic E-state index is 0.0185. The number of hydrogen-bond acceptors (Lipinski definition) is 5. The fraction of sp³-hybridized carbons (Fsp3) is 0.312. The van der Waals surface area contributed by atoms with Gasteiger partial charge in [0.05, 0.1) is 29.4 Å². The number of carbonyl (C=O) groups excluding carboxylic acids is 2. The molecule has 1 heterocycles. The average Bonchev–Trinajstić information content (AvgIpc) is 2.92. The molecule has 7 heteroatoms.